The number of hydrogen-bond acceptors (Lipinski definition) is 2. The summed E-state index contributed by atoms with van der Waals surface area (Å²) in [6.45, 7) is 2.61. The Kier molecular flexibility index (Phi) is 4.22. The van der Waals surface area contributed by atoms with Crippen LogP contribution in [0.4, 0.5) is 8.78 Å². The molecule has 1 atom stereocenters. The number of benzene rings is 1. The largest absolute Gasteiger partial charge is 0.294 e. The van der Waals surface area contributed by atoms with E-state index in [0.717, 1.165) is 17.3 Å². The van der Waals surface area contributed by atoms with Crippen LogP contribution in [0.1, 0.15) is 24.2 Å². The smallest absolute Gasteiger partial charge is 0.159 e. The van der Waals surface area contributed by atoms with Gasteiger partial charge in [-0.2, -0.15) is 0 Å². The number of hydrogen-bond donors (Lipinski definition) is 0. The standard InChI is InChI=1S/C15H16F2N2/c1-11(12-6-7-14(16)15(17)9-12)19(2)10-13-5-3-4-8-18-13/h3-9,11H,10H2,1-2H3/t11-/m1/s1. The third kappa shape index (κ3) is 3.35. The number of halogens is 2. The van der Waals surface area contributed by atoms with Gasteiger partial charge in [0, 0.05) is 18.8 Å². The van der Waals surface area contributed by atoms with Crippen LogP contribution in [-0.4, -0.2) is 16.9 Å². The maximum atomic E-state index is 13.2. The molecule has 100 valence electrons. The van der Waals surface area contributed by atoms with E-state index in [2.05, 4.69) is 4.98 Å². The monoisotopic (exact) mass is 262 g/mol. The second-order valence-corrected chi connectivity index (χ2v) is 4.59. The molecule has 0 fully saturated rings. The summed E-state index contributed by atoms with van der Waals surface area (Å²) in [6, 6.07) is 9.73. The molecule has 1 heterocycles. The quantitative estimate of drug-likeness (QED) is 0.837. The van der Waals surface area contributed by atoms with Crippen molar-refractivity contribution in [2.75, 3.05) is 7.05 Å². The van der Waals surface area contributed by atoms with Crippen molar-refractivity contribution in [2.45, 2.75) is 19.5 Å². The van der Waals surface area contributed by atoms with Crippen molar-refractivity contribution >= 4 is 0 Å². The molecule has 0 bridgehead atoms. The van der Waals surface area contributed by atoms with Crippen molar-refractivity contribution in [3.8, 4) is 0 Å². The van der Waals surface area contributed by atoms with Gasteiger partial charge in [0.1, 0.15) is 0 Å². The lowest BCUT2D eigenvalue weighted by molar-refractivity contribution is 0.249. The molecule has 0 aliphatic carbocycles. The van der Waals surface area contributed by atoms with Crippen molar-refractivity contribution in [1.82, 2.24) is 9.88 Å². The summed E-state index contributed by atoms with van der Waals surface area (Å²) >= 11 is 0. The van der Waals surface area contributed by atoms with Crippen molar-refractivity contribution in [2.24, 2.45) is 0 Å². The van der Waals surface area contributed by atoms with Gasteiger partial charge in [0.05, 0.1) is 5.69 Å². The molecule has 0 aliphatic rings. The molecule has 0 radical (unpaired) electrons. The second kappa shape index (κ2) is 5.89. The zero-order valence-electron chi connectivity index (χ0n) is 11.0. The van der Waals surface area contributed by atoms with Crippen molar-refractivity contribution < 1.29 is 8.78 Å². The number of aromatic nitrogens is 1. The minimum absolute atomic E-state index is 0.0166. The SMILES string of the molecule is C[C@H](c1ccc(F)c(F)c1)N(C)Cc1ccccn1. The molecule has 2 rings (SSSR count). The Morgan fingerprint density at radius 2 is 1.95 bits per heavy atom. The molecule has 0 spiro atoms. The fraction of sp³-hybridized carbons (Fsp3) is 0.267. The Morgan fingerprint density at radius 3 is 2.58 bits per heavy atom. The predicted molar refractivity (Wildman–Crippen MR) is 70.5 cm³/mol. The van der Waals surface area contributed by atoms with Gasteiger partial charge in [0.2, 0.25) is 0 Å². The van der Waals surface area contributed by atoms with Gasteiger partial charge in [-0.15, -0.1) is 0 Å². The maximum absolute atomic E-state index is 13.2. The average molecular weight is 262 g/mol. The molecule has 1 aromatic heterocycles. The summed E-state index contributed by atoms with van der Waals surface area (Å²) in [7, 11) is 1.93. The van der Waals surface area contributed by atoms with Gasteiger partial charge in [-0.3, -0.25) is 9.88 Å². The van der Waals surface area contributed by atoms with Crippen LogP contribution in [0.2, 0.25) is 0 Å². The van der Waals surface area contributed by atoms with Gasteiger partial charge in [0.25, 0.3) is 0 Å². The molecule has 0 saturated carbocycles. The van der Waals surface area contributed by atoms with E-state index in [9.17, 15) is 8.78 Å². The highest BCUT2D eigenvalue weighted by molar-refractivity contribution is 5.21. The second-order valence-electron chi connectivity index (χ2n) is 4.59. The van der Waals surface area contributed by atoms with Crippen molar-refractivity contribution in [1.29, 1.82) is 0 Å². The third-order valence-corrected chi connectivity index (χ3v) is 3.22. The first kappa shape index (κ1) is 13.6. The van der Waals surface area contributed by atoms with Gasteiger partial charge >= 0.3 is 0 Å². The first-order chi connectivity index (χ1) is 9.08. The molecule has 1 aromatic carbocycles. The Labute approximate surface area is 111 Å². The van der Waals surface area contributed by atoms with Crippen LogP contribution in [-0.2, 0) is 6.54 Å². The van der Waals surface area contributed by atoms with Crippen LogP contribution in [0, 0.1) is 11.6 Å². The highest BCUT2D eigenvalue weighted by atomic mass is 19.2. The van der Waals surface area contributed by atoms with E-state index in [1.807, 2.05) is 37.1 Å². The molecular weight excluding hydrogens is 246 g/mol. The van der Waals surface area contributed by atoms with Crippen molar-refractivity contribution in [3.05, 3.63) is 65.5 Å². The predicted octanol–water partition coefficient (Wildman–Crippen LogP) is 3.55. The molecule has 2 aromatic rings. The minimum atomic E-state index is -0.816. The topological polar surface area (TPSA) is 16.1 Å². The highest BCUT2D eigenvalue weighted by Crippen LogP contribution is 2.21. The fourth-order valence-corrected chi connectivity index (χ4v) is 1.91. The van der Waals surface area contributed by atoms with Crippen LogP contribution in [0.15, 0.2) is 42.6 Å². The van der Waals surface area contributed by atoms with E-state index in [-0.39, 0.29) is 6.04 Å². The molecule has 0 unspecified atom stereocenters. The average Bonchev–Trinajstić information content (AvgIpc) is 2.42. The van der Waals surface area contributed by atoms with E-state index in [0.29, 0.717) is 6.54 Å². The Balaban J connectivity index is 2.10. The van der Waals surface area contributed by atoms with Gasteiger partial charge in [-0.1, -0.05) is 12.1 Å². The van der Waals surface area contributed by atoms with E-state index in [1.165, 1.54) is 6.07 Å². The zero-order valence-corrected chi connectivity index (χ0v) is 11.0. The Morgan fingerprint density at radius 1 is 1.16 bits per heavy atom. The Bertz CT molecular complexity index is 543. The molecule has 0 amide bonds. The van der Waals surface area contributed by atoms with E-state index < -0.39 is 11.6 Å². The molecule has 4 heteroatoms. The van der Waals surface area contributed by atoms with Crippen LogP contribution in [0.25, 0.3) is 0 Å². The van der Waals surface area contributed by atoms with Crippen molar-refractivity contribution in [3.63, 3.8) is 0 Å². The number of nitrogens with zero attached hydrogens (tertiary/aromatic N) is 2. The van der Waals surface area contributed by atoms with Crippen LogP contribution >= 0.6 is 0 Å². The first-order valence-corrected chi connectivity index (χ1v) is 6.13. The summed E-state index contributed by atoms with van der Waals surface area (Å²) < 4.78 is 26.1. The third-order valence-electron chi connectivity index (χ3n) is 3.22. The number of pyridine rings is 1. The molecular formula is C15H16F2N2. The lowest BCUT2D eigenvalue weighted by Crippen LogP contribution is -2.22. The lowest BCUT2D eigenvalue weighted by atomic mass is 10.1. The summed E-state index contributed by atoms with van der Waals surface area (Å²) in [5, 5.41) is 0. The van der Waals surface area contributed by atoms with E-state index in [1.54, 1.807) is 12.3 Å². The van der Waals surface area contributed by atoms with Crippen LogP contribution in [0.5, 0.6) is 0 Å². The normalized spacial score (nSPS) is 12.7. The summed E-state index contributed by atoms with van der Waals surface area (Å²) in [5.74, 6) is -1.63. The Hall–Kier alpha value is -1.81. The zero-order chi connectivity index (χ0) is 13.8. The minimum Gasteiger partial charge on any atom is -0.294 e. The highest BCUT2D eigenvalue weighted by Gasteiger charge is 2.14. The maximum Gasteiger partial charge on any atom is 0.159 e. The van der Waals surface area contributed by atoms with Gasteiger partial charge in [0.15, 0.2) is 11.6 Å². The number of rotatable bonds is 4. The van der Waals surface area contributed by atoms with E-state index in [4.69, 9.17) is 0 Å². The fourth-order valence-electron chi connectivity index (χ4n) is 1.91. The molecule has 0 aliphatic heterocycles. The molecule has 0 saturated heterocycles. The van der Waals surface area contributed by atoms with Crippen LogP contribution in [0.3, 0.4) is 0 Å². The first-order valence-electron chi connectivity index (χ1n) is 6.13. The van der Waals surface area contributed by atoms with Gasteiger partial charge in [-0.25, -0.2) is 8.78 Å². The molecule has 19 heavy (non-hydrogen) atoms. The van der Waals surface area contributed by atoms with Crippen LogP contribution < -0.4 is 0 Å². The lowest BCUT2D eigenvalue weighted by Gasteiger charge is -2.24. The van der Waals surface area contributed by atoms with Gasteiger partial charge < -0.3 is 0 Å². The summed E-state index contributed by atoms with van der Waals surface area (Å²) in [5.41, 5.74) is 1.69. The van der Waals surface area contributed by atoms with E-state index >= 15 is 0 Å². The molecule has 2 nitrogen and oxygen atoms in total. The molecule has 0 N–H and O–H groups in total. The van der Waals surface area contributed by atoms with Gasteiger partial charge in [-0.05, 0) is 43.8 Å². The summed E-state index contributed by atoms with van der Waals surface area (Å²) in [6.07, 6.45) is 1.74. The summed E-state index contributed by atoms with van der Waals surface area (Å²) in [4.78, 5) is 6.29.